The summed E-state index contributed by atoms with van der Waals surface area (Å²) in [7, 11) is -2.91. The van der Waals surface area contributed by atoms with E-state index in [0.717, 1.165) is 22.6 Å². The van der Waals surface area contributed by atoms with Crippen molar-refractivity contribution in [2.45, 2.75) is 0 Å². The highest BCUT2D eigenvalue weighted by Crippen LogP contribution is 2.41. The molecule has 0 spiro atoms. The molecule has 0 saturated heterocycles. The van der Waals surface area contributed by atoms with Gasteiger partial charge in [-0.1, -0.05) is 164 Å². The first-order chi connectivity index (χ1) is 28.3. The summed E-state index contributed by atoms with van der Waals surface area (Å²) in [4.78, 5) is 4.77. The van der Waals surface area contributed by atoms with E-state index in [2.05, 4.69) is 221 Å². The molecule has 3 aromatic heterocycles. The predicted molar refractivity (Wildman–Crippen MR) is 242 cm³/mol. The summed E-state index contributed by atoms with van der Waals surface area (Å²) in [5.74, 6) is 0. The number of benzene rings is 8. The van der Waals surface area contributed by atoms with Gasteiger partial charge in [-0.25, -0.2) is 0 Å². The summed E-state index contributed by atoms with van der Waals surface area (Å²) in [5.41, 5.74) is 9.20. The van der Waals surface area contributed by atoms with Gasteiger partial charge in [-0.05, 0) is 75.3 Å². The SMILES string of the molecule is c1ccc(-n2c3ccccc3c3ccc4c(c5ccccc5n4-c4cccc([Si](c5ccccc5)(c5ccccc5)c5cccc(-c6ccccn6)c5)c4)c32)cc1. The Morgan fingerprint density at radius 1 is 0.351 bits per heavy atom. The van der Waals surface area contributed by atoms with Gasteiger partial charge in [-0.3, -0.25) is 4.98 Å². The number of pyridine rings is 1. The summed E-state index contributed by atoms with van der Waals surface area (Å²) < 4.78 is 4.94. The lowest BCUT2D eigenvalue weighted by Gasteiger charge is -2.35. The second-order valence-corrected chi connectivity index (χ2v) is 18.5. The van der Waals surface area contributed by atoms with E-state index in [0.29, 0.717) is 0 Å². The third-order valence-corrected chi connectivity index (χ3v) is 16.4. The quantitative estimate of drug-likeness (QED) is 0.118. The van der Waals surface area contributed by atoms with Crippen LogP contribution in [0.25, 0.3) is 66.2 Å². The van der Waals surface area contributed by atoms with Crippen LogP contribution in [0.2, 0.25) is 0 Å². The highest BCUT2D eigenvalue weighted by Gasteiger charge is 2.42. The number of nitrogens with zero attached hydrogens (tertiary/aromatic N) is 3. The molecule has 0 aliphatic rings. The van der Waals surface area contributed by atoms with Crippen molar-refractivity contribution in [3.05, 3.63) is 225 Å². The fourth-order valence-corrected chi connectivity index (χ4v) is 14.1. The minimum Gasteiger partial charge on any atom is -0.309 e. The molecule has 57 heavy (non-hydrogen) atoms. The Morgan fingerprint density at radius 2 is 0.912 bits per heavy atom. The lowest BCUT2D eigenvalue weighted by Crippen LogP contribution is -2.74. The average molecular weight is 744 g/mol. The Labute approximate surface area is 332 Å². The van der Waals surface area contributed by atoms with Crippen molar-refractivity contribution in [2.75, 3.05) is 0 Å². The number of para-hydroxylation sites is 3. The molecule has 0 aliphatic heterocycles. The van der Waals surface area contributed by atoms with Gasteiger partial charge in [0.05, 0.1) is 27.8 Å². The molecule has 11 rings (SSSR count). The van der Waals surface area contributed by atoms with E-state index in [1.807, 2.05) is 12.3 Å². The number of hydrogen-bond donors (Lipinski definition) is 0. The minimum absolute atomic E-state index is 0.974. The van der Waals surface area contributed by atoms with Gasteiger partial charge in [0.1, 0.15) is 0 Å². The maximum Gasteiger partial charge on any atom is 0.179 e. The fourth-order valence-electron chi connectivity index (χ4n) is 9.33. The van der Waals surface area contributed by atoms with Crippen LogP contribution in [0.4, 0.5) is 0 Å². The van der Waals surface area contributed by atoms with Gasteiger partial charge in [0, 0.05) is 44.7 Å². The van der Waals surface area contributed by atoms with E-state index in [1.165, 1.54) is 64.4 Å². The van der Waals surface area contributed by atoms with Crippen LogP contribution < -0.4 is 20.7 Å². The molecule has 0 N–H and O–H groups in total. The summed E-state index contributed by atoms with van der Waals surface area (Å²) in [6.45, 7) is 0. The molecule has 0 aliphatic carbocycles. The molecule has 268 valence electrons. The molecule has 0 fully saturated rings. The topological polar surface area (TPSA) is 22.8 Å². The summed E-state index contributed by atoms with van der Waals surface area (Å²) >= 11 is 0. The van der Waals surface area contributed by atoms with Crippen LogP contribution in [0, 0.1) is 0 Å². The van der Waals surface area contributed by atoms with Gasteiger partial charge in [0.15, 0.2) is 8.07 Å². The molecule has 8 aromatic carbocycles. The highest BCUT2D eigenvalue weighted by molar-refractivity contribution is 7.20. The molecule has 0 amide bonds. The van der Waals surface area contributed by atoms with Gasteiger partial charge in [-0.15, -0.1) is 0 Å². The van der Waals surface area contributed by atoms with Crippen molar-refractivity contribution in [3.8, 4) is 22.6 Å². The summed E-state index contributed by atoms with van der Waals surface area (Å²) in [6, 6.07) is 80.2. The summed E-state index contributed by atoms with van der Waals surface area (Å²) in [5, 5.41) is 10.3. The maximum atomic E-state index is 4.77. The van der Waals surface area contributed by atoms with Gasteiger partial charge >= 0.3 is 0 Å². The molecular formula is C53H37N3Si. The smallest absolute Gasteiger partial charge is 0.179 e. The molecule has 4 heteroatoms. The van der Waals surface area contributed by atoms with Crippen LogP contribution in [-0.4, -0.2) is 22.2 Å². The van der Waals surface area contributed by atoms with Gasteiger partial charge in [-0.2, -0.15) is 0 Å². The van der Waals surface area contributed by atoms with E-state index >= 15 is 0 Å². The Hall–Kier alpha value is -7.27. The zero-order valence-electron chi connectivity index (χ0n) is 31.2. The molecule has 0 radical (unpaired) electrons. The lowest BCUT2D eigenvalue weighted by atomic mass is 10.1. The van der Waals surface area contributed by atoms with Gasteiger partial charge < -0.3 is 9.13 Å². The van der Waals surface area contributed by atoms with Crippen molar-refractivity contribution >= 4 is 72.4 Å². The molecular weight excluding hydrogens is 707 g/mol. The molecule has 0 atom stereocenters. The predicted octanol–water partition coefficient (Wildman–Crippen LogP) is 10.3. The molecule has 0 bridgehead atoms. The van der Waals surface area contributed by atoms with Crippen molar-refractivity contribution in [3.63, 3.8) is 0 Å². The Balaban J connectivity index is 1.23. The molecule has 0 unspecified atom stereocenters. The number of fused-ring (bicyclic) bond motifs is 7. The van der Waals surface area contributed by atoms with E-state index in [9.17, 15) is 0 Å². The number of aromatic nitrogens is 3. The van der Waals surface area contributed by atoms with Crippen LogP contribution >= 0.6 is 0 Å². The van der Waals surface area contributed by atoms with Gasteiger partial charge in [0.25, 0.3) is 0 Å². The van der Waals surface area contributed by atoms with Gasteiger partial charge in [0.2, 0.25) is 0 Å². The number of rotatable bonds is 7. The van der Waals surface area contributed by atoms with Crippen LogP contribution in [-0.2, 0) is 0 Å². The molecule has 0 saturated carbocycles. The van der Waals surface area contributed by atoms with E-state index in [-0.39, 0.29) is 0 Å². The van der Waals surface area contributed by atoms with Crippen molar-refractivity contribution < 1.29 is 0 Å². The first kappa shape index (κ1) is 33.1. The minimum atomic E-state index is -2.91. The van der Waals surface area contributed by atoms with Crippen molar-refractivity contribution in [1.82, 2.24) is 14.1 Å². The van der Waals surface area contributed by atoms with E-state index < -0.39 is 8.07 Å². The first-order valence-corrected chi connectivity index (χ1v) is 21.6. The average Bonchev–Trinajstić information content (AvgIpc) is 3.81. The maximum absolute atomic E-state index is 4.77. The van der Waals surface area contributed by atoms with Crippen LogP contribution in [0.1, 0.15) is 0 Å². The monoisotopic (exact) mass is 743 g/mol. The highest BCUT2D eigenvalue weighted by atomic mass is 28.3. The first-order valence-electron chi connectivity index (χ1n) is 19.6. The van der Waals surface area contributed by atoms with Crippen molar-refractivity contribution in [2.24, 2.45) is 0 Å². The molecule has 11 aromatic rings. The Morgan fingerprint density at radius 3 is 1.61 bits per heavy atom. The third kappa shape index (κ3) is 5.15. The van der Waals surface area contributed by atoms with Crippen LogP contribution in [0.15, 0.2) is 225 Å². The number of hydrogen-bond acceptors (Lipinski definition) is 1. The summed E-state index contributed by atoms with van der Waals surface area (Å²) in [6.07, 6.45) is 1.88. The molecule has 3 heterocycles. The lowest BCUT2D eigenvalue weighted by molar-refractivity contribution is 1.18. The van der Waals surface area contributed by atoms with E-state index in [4.69, 9.17) is 4.98 Å². The Kier molecular flexibility index (Phi) is 7.83. The normalized spacial score (nSPS) is 11.9. The molecule has 3 nitrogen and oxygen atoms in total. The van der Waals surface area contributed by atoms with Crippen molar-refractivity contribution in [1.29, 1.82) is 0 Å². The third-order valence-electron chi connectivity index (χ3n) is 11.7. The fraction of sp³-hybridized carbons (Fsp3) is 0. The van der Waals surface area contributed by atoms with Crippen LogP contribution in [0.5, 0.6) is 0 Å². The van der Waals surface area contributed by atoms with E-state index in [1.54, 1.807) is 0 Å². The second kappa shape index (κ2) is 13.5. The largest absolute Gasteiger partial charge is 0.309 e. The second-order valence-electron chi connectivity index (χ2n) is 14.7. The zero-order valence-corrected chi connectivity index (χ0v) is 32.2. The van der Waals surface area contributed by atoms with Crippen LogP contribution in [0.3, 0.4) is 0 Å². The Bertz CT molecular complexity index is 3180. The zero-order chi connectivity index (χ0) is 37.8. The standard InChI is InChI=1S/C53H37N3Si/c1-4-19-39(20-5-1)56-49-31-12-10-28-45(49)46-33-34-51-52(53(46)56)47-29-11-13-32-50(47)55(51)40-21-17-27-44(37-40)57(41-22-6-2-7-23-41,42-24-8-3-9-25-42)43-26-16-18-38(36-43)48-30-14-15-35-54-48/h1-37H.